The summed E-state index contributed by atoms with van der Waals surface area (Å²) < 4.78 is 25.2. The Labute approximate surface area is 219 Å². The summed E-state index contributed by atoms with van der Waals surface area (Å²) in [5.41, 5.74) is 0.523. The van der Waals surface area contributed by atoms with Gasteiger partial charge >= 0.3 is 0 Å². The number of ether oxygens (including phenoxy) is 1. The van der Waals surface area contributed by atoms with Gasteiger partial charge < -0.3 is 24.5 Å². The van der Waals surface area contributed by atoms with Gasteiger partial charge in [-0.3, -0.25) is 9.59 Å². The van der Waals surface area contributed by atoms with Gasteiger partial charge in [-0.25, -0.2) is 0 Å². The molecule has 0 aliphatic heterocycles. The molecule has 0 fully saturated rings. The van der Waals surface area contributed by atoms with E-state index in [0.717, 1.165) is 5.56 Å². The van der Waals surface area contributed by atoms with E-state index < -0.39 is 17.4 Å². The van der Waals surface area contributed by atoms with Crippen LogP contribution >= 0.6 is 11.6 Å². The second-order valence-electron chi connectivity index (χ2n) is 7.93. The van der Waals surface area contributed by atoms with Crippen molar-refractivity contribution in [1.29, 1.82) is 0 Å². The predicted molar refractivity (Wildman–Crippen MR) is 138 cm³/mol. The molecule has 0 saturated heterocycles. The highest BCUT2D eigenvalue weighted by Gasteiger charge is 2.17. The van der Waals surface area contributed by atoms with Crippen molar-refractivity contribution in [2.24, 2.45) is 0 Å². The maximum absolute atomic E-state index is 13.3. The number of nitrogens with zero attached hydrogens (tertiary/aromatic N) is 4. The molecule has 12 heteroatoms. The number of rotatable bonds is 8. The predicted octanol–water partition coefficient (Wildman–Crippen LogP) is 5.26. The Balaban J connectivity index is 1.42. The van der Waals surface area contributed by atoms with E-state index in [1.807, 2.05) is 12.1 Å². The fourth-order valence-corrected chi connectivity index (χ4v) is 3.54. The number of halogens is 2. The first-order valence-electron chi connectivity index (χ1n) is 11.2. The Morgan fingerprint density at radius 1 is 1.03 bits per heavy atom. The van der Waals surface area contributed by atoms with Crippen molar-refractivity contribution in [3.05, 3.63) is 118 Å². The average molecular weight is 533 g/mol. The summed E-state index contributed by atoms with van der Waals surface area (Å²) in [7, 11) is 0. The molecule has 0 bridgehead atoms. The molecule has 0 aliphatic rings. The van der Waals surface area contributed by atoms with Crippen molar-refractivity contribution < 1.29 is 18.4 Å². The van der Waals surface area contributed by atoms with Crippen molar-refractivity contribution in [3.8, 4) is 11.6 Å². The average Bonchev–Trinajstić information content (AvgIpc) is 3.41. The standard InChI is InChI=1S/C26H18ClFN6O4/c27-17-6-4-16(5-7-17)14-34-15-20(24(35)31-22-12-13-37-33-22)25(36)32-26(34)29-18-8-10-19(11-9-18)38-23-3-1-2-21(28)30-23/h1-13,15H,14H2,(H,29,32,36)(H,31,33,35). The highest BCUT2D eigenvalue weighted by atomic mass is 35.5. The molecule has 3 heterocycles. The molecule has 2 N–H and O–H groups in total. The zero-order valence-electron chi connectivity index (χ0n) is 19.5. The molecule has 5 rings (SSSR count). The van der Waals surface area contributed by atoms with Crippen molar-refractivity contribution in [3.63, 3.8) is 0 Å². The van der Waals surface area contributed by atoms with Gasteiger partial charge in [0.2, 0.25) is 17.8 Å². The normalized spacial score (nSPS) is 10.7. The molecule has 5 aromatic rings. The number of hydrogen-bond donors (Lipinski definition) is 2. The van der Waals surface area contributed by atoms with E-state index in [2.05, 4.69) is 25.8 Å². The van der Waals surface area contributed by atoms with Gasteiger partial charge in [0.15, 0.2) is 5.82 Å². The maximum Gasteiger partial charge on any atom is 0.287 e. The third-order valence-corrected chi connectivity index (χ3v) is 5.46. The van der Waals surface area contributed by atoms with E-state index in [1.165, 1.54) is 36.7 Å². The molecule has 2 aromatic carbocycles. The van der Waals surface area contributed by atoms with Crippen LogP contribution in [0.1, 0.15) is 15.9 Å². The van der Waals surface area contributed by atoms with E-state index in [9.17, 15) is 14.0 Å². The van der Waals surface area contributed by atoms with E-state index in [0.29, 0.717) is 16.5 Å². The van der Waals surface area contributed by atoms with E-state index >= 15 is 0 Å². The summed E-state index contributed by atoms with van der Waals surface area (Å²) in [5.74, 6) is -0.423. The van der Waals surface area contributed by atoms with Gasteiger partial charge in [0.25, 0.3) is 11.5 Å². The summed E-state index contributed by atoms with van der Waals surface area (Å²) >= 11 is 6.01. The fourth-order valence-electron chi connectivity index (χ4n) is 3.42. The van der Waals surface area contributed by atoms with Gasteiger partial charge in [-0.05, 0) is 48.0 Å². The quantitative estimate of drug-likeness (QED) is 0.259. The number of anilines is 3. The summed E-state index contributed by atoms with van der Waals surface area (Å²) in [6.45, 7) is 0.281. The largest absolute Gasteiger partial charge is 0.439 e. The van der Waals surface area contributed by atoms with Gasteiger partial charge in [0.1, 0.15) is 17.6 Å². The Kier molecular flexibility index (Phi) is 7.09. The van der Waals surface area contributed by atoms with Gasteiger partial charge in [0.05, 0.1) is 6.54 Å². The van der Waals surface area contributed by atoms with Gasteiger partial charge in [-0.1, -0.05) is 35.0 Å². The molecule has 190 valence electrons. The SMILES string of the molecule is O=C(Nc1ccon1)c1cn(Cc2ccc(Cl)cc2)c(Nc2ccc(Oc3cccc(F)n3)cc2)nc1=O. The number of carbonyl (C=O) groups excluding carboxylic acids is 1. The fraction of sp³-hybridized carbons (Fsp3) is 0.0385. The number of amides is 1. The number of carbonyl (C=O) groups is 1. The second kappa shape index (κ2) is 10.9. The molecule has 3 aromatic heterocycles. The van der Waals surface area contributed by atoms with Crippen LogP contribution < -0.4 is 20.9 Å². The Morgan fingerprint density at radius 3 is 2.53 bits per heavy atom. The monoisotopic (exact) mass is 532 g/mol. The van der Waals surface area contributed by atoms with Crippen LogP contribution in [-0.4, -0.2) is 25.6 Å². The first kappa shape index (κ1) is 24.7. The molecule has 0 radical (unpaired) electrons. The molecular weight excluding hydrogens is 515 g/mol. The molecule has 0 aliphatic carbocycles. The van der Waals surface area contributed by atoms with Crippen LogP contribution in [0.15, 0.2) is 94.6 Å². The minimum atomic E-state index is -0.738. The van der Waals surface area contributed by atoms with Gasteiger partial charge in [0, 0.05) is 29.0 Å². The highest BCUT2D eigenvalue weighted by Crippen LogP contribution is 2.23. The number of nitrogens with one attached hydrogen (secondary N) is 2. The zero-order chi connectivity index (χ0) is 26.5. The molecular formula is C26H18ClFN6O4. The molecule has 0 unspecified atom stereocenters. The third kappa shape index (κ3) is 6.02. The molecule has 0 spiro atoms. The number of hydrogen-bond acceptors (Lipinski definition) is 8. The lowest BCUT2D eigenvalue weighted by molar-refractivity contribution is 0.102. The summed E-state index contributed by atoms with van der Waals surface area (Å²) in [5, 5.41) is 9.80. The van der Waals surface area contributed by atoms with Crippen LogP contribution in [0.25, 0.3) is 0 Å². The van der Waals surface area contributed by atoms with E-state index in [1.54, 1.807) is 41.0 Å². The topological polar surface area (TPSA) is 124 Å². The molecule has 1 amide bonds. The molecule has 38 heavy (non-hydrogen) atoms. The summed E-state index contributed by atoms with van der Waals surface area (Å²) in [4.78, 5) is 33.3. The Hall–Kier alpha value is -5.03. The van der Waals surface area contributed by atoms with Crippen LogP contribution in [0, 0.1) is 5.95 Å². The summed E-state index contributed by atoms with van der Waals surface area (Å²) in [6.07, 6.45) is 2.71. The van der Waals surface area contributed by atoms with Crippen molar-refractivity contribution in [1.82, 2.24) is 19.7 Å². The lowest BCUT2D eigenvalue weighted by atomic mass is 10.2. The van der Waals surface area contributed by atoms with Crippen molar-refractivity contribution in [2.45, 2.75) is 6.54 Å². The first-order valence-corrected chi connectivity index (χ1v) is 11.6. The van der Waals surface area contributed by atoms with E-state index in [4.69, 9.17) is 20.9 Å². The van der Waals surface area contributed by atoms with Crippen molar-refractivity contribution in [2.75, 3.05) is 10.6 Å². The molecule has 0 atom stereocenters. The lowest BCUT2D eigenvalue weighted by Crippen LogP contribution is -2.27. The maximum atomic E-state index is 13.3. The minimum Gasteiger partial charge on any atom is -0.439 e. The van der Waals surface area contributed by atoms with Crippen LogP contribution in [0.3, 0.4) is 0 Å². The number of benzene rings is 2. The van der Waals surface area contributed by atoms with Crippen molar-refractivity contribution >= 4 is 35.0 Å². The van der Waals surface area contributed by atoms with Gasteiger partial charge in [-0.2, -0.15) is 14.4 Å². The Bertz CT molecular complexity index is 1620. The molecule has 0 saturated carbocycles. The first-order chi connectivity index (χ1) is 18.4. The number of pyridine rings is 1. The van der Waals surface area contributed by atoms with Gasteiger partial charge in [-0.15, -0.1) is 0 Å². The summed E-state index contributed by atoms with van der Waals surface area (Å²) in [6, 6.07) is 19.5. The number of aromatic nitrogens is 4. The third-order valence-electron chi connectivity index (χ3n) is 5.21. The second-order valence-corrected chi connectivity index (χ2v) is 8.36. The van der Waals surface area contributed by atoms with Crippen LogP contribution in [0.2, 0.25) is 5.02 Å². The van der Waals surface area contributed by atoms with Crippen LogP contribution in [0.4, 0.5) is 21.8 Å². The zero-order valence-corrected chi connectivity index (χ0v) is 20.2. The van der Waals surface area contributed by atoms with E-state index in [-0.39, 0.29) is 29.8 Å². The van der Waals surface area contributed by atoms with Crippen LogP contribution in [-0.2, 0) is 6.54 Å². The minimum absolute atomic E-state index is 0.115. The highest BCUT2D eigenvalue weighted by molar-refractivity contribution is 6.30. The smallest absolute Gasteiger partial charge is 0.287 e. The lowest BCUT2D eigenvalue weighted by Gasteiger charge is -2.16. The van der Waals surface area contributed by atoms with Crippen LogP contribution in [0.5, 0.6) is 11.6 Å². The Morgan fingerprint density at radius 2 is 1.82 bits per heavy atom. The molecule has 10 nitrogen and oxygen atoms in total.